The van der Waals surface area contributed by atoms with Gasteiger partial charge in [0.2, 0.25) is 5.75 Å². The molecule has 3 N–H and O–H groups in total. The minimum absolute atomic E-state index is 0.0753. The minimum Gasteiger partial charge on any atom is -0.508 e. The number of ether oxygens (including phenoxy) is 1. The number of hydrogen-bond donors (Lipinski definition) is 3. The number of para-hydroxylation sites is 1. The van der Waals surface area contributed by atoms with Crippen molar-refractivity contribution < 1.29 is 20.1 Å². The highest BCUT2D eigenvalue weighted by Gasteiger charge is 2.10. The van der Waals surface area contributed by atoms with Gasteiger partial charge in [0.1, 0.15) is 5.75 Å². The van der Waals surface area contributed by atoms with Crippen LogP contribution in [-0.4, -0.2) is 22.4 Å². The Kier molecular flexibility index (Phi) is 3.80. The fourth-order valence-corrected chi connectivity index (χ4v) is 2.01. The normalized spacial score (nSPS) is 10.4. The molecule has 0 bridgehead atoms. The highest BCUT2D eigenvalue weighted by Crippen LogP contribution is 2.36. The Hall–Kier alpha value is -2.36. The maximum Gasteiger partial charge on any atom is 0.202 e. The second kappa shape index (κ2) is 5.52. The molecule has 0 heterocycles. The minimum atomic E-state index is -0.0882. The van der Waals surface area contributed by atoms with Crippen molar-refractivity contribution in [3.05, 3.63) is 47.5 Å². The zero-order valence-electron chi connectivity index (χ0n) is 10.6. The van der Waals surface area contributed by atoms with E-state index in [1.165, 1.54) is 7.11 Å². The molecular weight excluding hydrogens is 244 g/mol. The van der Waals surface area contributed by atoms with Gasteiger partial charge in [-0.1, -0.05) is 18.2 Å². The van der Waals surface area contributed by atoms with E-state index in [0.717, 1.165) is 11.1 Å². The Balaban J connectivity index is 2.15. The maximum absolute atomic E-state index is 9.69. The molecule has 2 rings (SSSR count). The fourth-order valence-electron chi connectivity index (χ4n) is 2.01. The van der Waals surface area contributed by atoms with E-state index >= 15 is 0 Å². The van der Waals surface area contributed by atoms with Gasteiger partial charge in [-0.2, -0.15) is 0 Å². The van der Waals surface area contributed by atoms with Gasteiger partial charge in [0.25, 0.3) is 0 Å². The first-order valence-corrected chi connectivity index (χ1v) is 5.97. The lowest BCUT2D eigenvalue weighted by molar-refractivity contribution is 0.344. The number of phenols is 3. The molecule has 19 heavy (non-hydrogen) atoms. The zero-order chi connectivity index (χ0) is 13.8. The van der Waals surface area contributed by atoms with Gasteiger partial charge in [0.15, 0.2) is 11.5 Å². The molecule has 100 valence electrons. The Morgan fingerprint density at radius 3 is 2.11 bits per heavy atom. The topological polar surface area (TPSA) is 69.9 Å². The van der Waals surface area contributed by atoms with Crippen molar-refractivity contribution in [1.82, 2.24) is 0 Å². The molecule has 0 saturated heterocycles. The number of aromatic hydroxyl groups is 3. The lowest BCUT2D eigenvalue weighted by atomic mass is 10.0. The third kappa shape index (κ3) is 2.91. The molecule has 0 unspecified atom stereocenters. The zero-order valence-corrected chi connectivity index (χ0v) is 10.6. The molecule has 0 aliphatic rings. The van der Waals surface area contributed by atoms with E-state index in [2.05, 4.69) is 0 Å². The predicted molar refractivity (Wildman–Crippen MR) is 71.8 cm³/mol. The van der Waals surface area contributed by atoms with Gasteiger partial charge in [0, 0.05) is 0 Å². The second-order valence-electron chi connectivity index (χ2n) is 4.30. The van der Waals surface area contributed by atoms with Gasteiger partial charge in [0.05, 0.1) is 7.11 Å². The van der Waals surface area contributed by atoms with E-state index in [1.807, 2.05) is 12.1 Å². The summed E-state index contributed by atoms with van der Waals surface area (Å²) in [4.78, 5) is 0. The number of hydrogen-bond acceptors (Lipinski definition) is 4. The van der Waals surface area contributed by atoms with Crippen molar-refractivity contribution in [3.63, 3.8) is 0 Å². The average Bonchev–Trinajstić information content (AvgIpc) is 2.37. The lowest BCUT2D eigenvalue weighted by Crippen LogP contribution is -1.93. The maximum atomic E-state index is 9.69. The molecule has 0 aliphatic heterocycles. The van der Waals surface area contributed by atoms with Crippen LogP contribution in [0.2, 0.25) is 0 Å². The van der Waals surface area contributed by atoms with Crippen molar-refractivity contribution in [2.45, 2.75) is 12.8 Å². The van der Waals surface area contributed by atoms with Crippen LogP contribution in [0.4, 0.5) is 0 Å². The SMILES string of the molecule is COc1c(O)cc(CCc2ccccc2O)cc1O. The Bertz CT molecular complexity index is 555. The van der Waals surface area contributed by atoms with Crippen LogP contribution in [0.1, 0.15) is 11.1 Å². The molecule has 0 aliphatic carbocycles. The Labute approximate surface area is 111 Å². The first kappa shape index (κ1) is 13.1. The van der Waals surface area contributed by atoms with Crippen LogP contribution in [0.5, 0.6) is 23.0 Å². The van der Waals surface area contributed by atoms with Gasteiger partial charge in [-0.3, -0.25) is 0 Å². The number of phenolic OH excluding ortho intramolecular Hbond substituents is 3. The summed E-state index contributed by atoms with van der Waals surface area (Å²) in [5.41, 5.74) is 1.61. The monoisotopic (exact) mass is 260 g/mol. The van der Waals surface area contributed by atoms with Gasteiger partial charge < -0.3 is 20.1 Å². The van der Waals surface area contributed by atoms with Crippen LogP contribution in [0.15, 0.2) is 36.4 Å². The highest BCUT2D eigenvalue weighted by atomic mass is 16.5. The molecule has 0 fully saturated rings. The third-order valence-corrected chi connectivity index (χ3v) is 2.99. The number of methoxy groups -OCH3 is 1. The van der Waals surface area contributed by atoms with Gasteiger partial charge in [-0.15, -0.1) is 0 Å². The van der Waals surface area contributed by atoms with Crippen LogP contribution in [0.25, 0.3) is 0 Å². The number of rotatable bonds is 4. The molecule has 2 aromatic carbocycles. The average molecular weight is 260 g/mol. The molecule has 4 heteroatoms. The molecular formula is C15H16O4. The van der Waals surface area contributed by atoms with E-state index in [0.29, 0.717) is 12.8 Å². The van der Waals surface area contributed by atoms with Crippen molar-refractivity contribution in [3.8, 4) is 23.0 Å². The summed E-state index contributed by atoms with van der Waals surface area (Å²) in [7, 11) is 1.39. The Morgan fingerprint density at radius 1 is 0.895 bits per heavy atom. The first-order chi connectivity index (χ1) is 9.11. The van der Waals surface area contributed by atoms with E-state index in [-0.39, 0.29) is 23.0 Å². The summed E-state index contributed by atoms with van der Waals surface area (Å²) >= 11 is 0. The van der Waals surface area contributed by atoms with Crippen LogP contribution in [-0.2, 0) is 12.8 Å². The summed E-state index contributed by atoms with van der Waals surface area (Å²) < 4.78 is 4.87. The Morgan fingerprint density at radius 2 is 1.53 bits per heavy atom. The van der Waals surface area contributed by atoms with Crippen molar-refractivity contribution in [2.75, 3.05) is 7.11 Å². The number of benzene rings is 2. The standard InChI is InChI=1S/C15H16O4/c1-19-15-13(17)8-10(9-14(15)18)6-7-11-4-2-3-5-12(11)16/h2-5,8-9,16-18H,6-7H2,1H3. The predicted octanol–water partition coefficient (Wildman–Crippen LogP) is 2.60. The second-order valence-corrected chi connectivity index (χ2v) is 4.30. The van der Waals surface area contributed by atoms with Crippen LogP contribution < -0.4 is 4.74 Å². The third-order valence-electron chi connectivity index (χ3n) is 2.99. The van der Waals surface area contributed by atoms with Crippen LogP contribution >= 0.6 is 0 Å². The summed E-state index contributed by atoms with van der Waals surface area (Å²) in [5.74, 6) is 0.153. The lowest BCUT2D eigenvalue weighted by Gasteiger charge is -2.09. The summed E-state index contributed by atoms with van der Waals surface area (Å²) in [6.07, 6.45) is 1.22. The van der Waals surface area contributed by atoms with Gasteiger partial charge in [-0.05, 0) is 42.2 Å². The molecule has 0 spiro atoms. The fraction of sp³-hybridized carbons (Fsp3) is 0.200. The molecule has 0 atom stereocenters. The smallest absolute Gasteiger partial charge is 0.202 e. The quantitative estimate of drug-likeness (QED) is 0.790. The van der Waals surface area contributed by atoms with E-state index in [9.17, 15) is 15.3 Å². The molecule has 0 amide bonds. The highest BCUT2D eigenvalue weighted by molar-refractivity contribution is 5.52. The first-order valence-electron chi connectivity index (χ1n) is 5.97. The van der Waals surface area contributed by atoms with Gasteiger partial charge >= 0.3 is 0 Å². The molecule has 0 radical (unpaired) electrons. The van der Waals surface area contributed by atoms with E-state index in [4.69, 9.17) is 4.74 Å². The molecule has 0 aromatic heterocycles. The van der Waals surface area contributed by atoms with E-state index < -0.39 is 0 Å². The van der Waals surface area contributed by atoms with E-state index in [1.54, 1.807) is 24.3 Å². The largest absolute Gasteiger partial charge is 0.508 e. The number of aryl methyl sites for hydroxylation is 2. The molecule has 0 saturated carbocycles. The summed E-state index contributed by atoms with van der Waals surface area (Å²) in [6.45, 7) is 0. The summed E-state index contributed by atoms with van der Waals surface area (Å²) in [5, 5.41) is 29.0. The van der Waals surface area contributed by atoms with Crippen molar-refractivity contribution >= 4 is 0 Å². The van der Waals surface area contributed by atoms with Gasteiger partial charge in [-0.25, -0.2) is 0 Å². The molecule has 2 aromatic rings. The van der Waals surface area contributed by atoms with Crippen molar-refractivity contribution in [2.24, 2.45) is 0 Å². The van der Waals surface area contributed by atoms with Crippen LogP contribution in [0.3, 0.4) is 0 Å². The molecule has 4 nitrogen and oxygen atoms in total. The van der Waals surface area contributed by atoms with Crippen LogP contribution in [0, 0.1) is 0 Å². The summed E-state index contributed by atoms with van der Waals surface area (Å²) in [6, 6.07) is 10.2. The van der Waals surface area contributed by atoms with Crippen molar-refractivity contribution in [1.29, 1.82) is 0 Å².